The van der Waals surface area contributed by atoms with Crippen molar-refractivity contribution in [3.05, 3.63) is 36.5 Å². The van der Waals surface area contributed by atoms with Gasteiger partial charge in [-0.15, -0.1) is 0 Å². The van der Waals surface area contributed by atoms with Crippen molar-refractivity contribution in [3.63, 3.8) is 0 Å². The summed E-state index contributed by atoms with van der Waals surface area (Å²) in [6.07, 6.45) is 28.0. The van der Waals surface area contributed by atoms with Crippen LogP contribution in [0.5, 0.6) is 0 Å². The summed E-state index contributed by atoms with van der Waals surface area (Å²) >= 11 is 0. The van der Waals surface area contributed by atoms with Gasteiger partial charge in [-0.2, -0.15) is 0 Å². The fourth-order valence-electron chi connectivity index (χ4n) is 5.57. The van der Waals surface area contributed by atoms with Crippen LogP contribution in [0.15, 0.2) is 36.5 Å². The zero-order chi connectivity index (χ0) is 32.9. The van der Waals surface area contributed by atoms with E-state index in [9.17, 15) is 22.4 Å². The predicted molar refractivity (Wildman–Crippen MR) is 183 cm³/mol. The molecule has 1 atom stereocenters. The Labute approximate surface area is 269 Å². The number of unbranched alkanes of at least 4 members (excludes halogenated alkanes) is 12. The first-order valence-electron chi connectivity index (χ1n) is 18.3. The Morgan fingerprint density at radius 3 is 1.52 bits per heavy atom. The van der Waals surface area contributed by atoms with Crippen LogP contribution in [0.3, 0.4) is 0 Å². The van der Waals surface area contributed by atoms with Crippen LogP contribution in [-0.4, -0.2) is 17.6 Å². The number of hydrogen-bond donors (Lipinski definition) is 0. The van der Waals surface area contributed by atoms with Gasteiger partial charge in [-0.05, 0) is 69.4 Å². The van der Waals surface area contributed by atoms with E-state index >= 15 is 0 Å². The summed E-state index contributed by atoms with van der Waals surface area (Å²) in [6, 6.07) is 0. The van der Waals surface area contributed by atoms with Crippen LogP contribution in [0.2, 0.25) is 0 Å². The Balaban J connectivity index is 3.61. The van der Waals surface area contributed by atoms with Crippen LogP contribution in [0.1, 0.15) is 188 Å². The highest BCUT2D eigenvalue weighted by Gasteiger charge is 2.24. The molecule has 0 aromatic carbocycles. The minimum atomic E-state index is -2.74. The third kappa shape index (κ3) is 29.3. The fraction of sp³-hybridized carbons (Fsp3) is 0.821. The molecule has 0 saturated heterocycles. The first-order chi connectivity index (χ1) is 21.0. The van der Waals surface area contributed by atoms with Crippen molar-refractivity contribution in [2.75, 3.05) is 0 Å². The van der Waals surface area contributed by atoms with Gasteiger partial charge in [0, 0.05) is 25.7 Å². The van der Waals surface area contributed by atoms with E-state index in [-0.39, 0.29) is 18.6 Å². The third-order valence-electron chi connectivity index (χ3n) is 8.58. The summed E-state index contributed by atoms with van der Waals surface area (Å²) in [5.74, 6) is -4.46. The van der Waals surface area contributed by atoms with Gasteiger partial charge < -0.3 is 0 Å². The number of ketones is 1. The molecule has 0 aliphatic heterocycles. The standard InChI is InChI=1S/C39H68F4O/c1-5-7-21-31-38(40,41)33-23-19-28-36(4)27-16-12-9-11-15-25-35(3)26-17-13-10-14-18-29-37(44)30-20-24-34-39(42,43)32-22-8-6-2/h23-24,33-35H,4-22,25-32H2,1-3H3/b33-23+,34-24+. The summed E-state index contributed by atoms with van der Waals surface area (Å²) in [7, 11) is 0. The molecule has 0 heterocycles. The lowest BCUT2D eigenvalue weighted by Crippen LogP contribution is -2.11. The number of halogens is 4. The Morgan fingerprint density at radius 2 is 1.02 bits per heavy atom. The minimum absolute atomic E-state index is 0.0437. The van der Waals surface area contributed by atoms with E-state index in [1.165, 1.54) is 63.0 Å². The molecule has 1 unspecified atom stereocenters. The van der Waals surface area contributed by atoms with E-state index in [4.69, 9.17) is 0 Å². The lowest BCUT2D eigenvalue weighted by atomic mass is 9.95. The molecule has 44 heavy (non-hydrogen) atoms. The quantitative estimate of drug-likeness (QED) is 0.0411. The van der Waals surface area contributed by atoms with Gasteiger partial charge in [0.25, 0.3) is 11.8 Å². The topological polar surface area (TPSA) is 17.1 Å². The molecule has 0 spiro atoms. The van der Waals surface area contributed by atoms with Crippen LogP contribution >= 0.6 is 0 Å². The molecular weight excluding hydrogens is 560 g/mol. The van der Waals surface area contributed by atoms with Crippen LogP contribution in [0.25, 0.3) is 0 Å². The average molecular weight is 629 g/mol. The van der Waals surface area contributed by atoms with E-state index in [0.29, 0.717) is 38.5 Å². The molecule has 0 fully saturated rings. The van der Waals surface area contributed by atoms with Gasteiger partial charge >= 0.3 is 0 Å². The summed E-state index contributed by atoms with van der Waals surface area (Å²) < 4.78 is 54.9. The SMILES string of the molecule is C=C(CC/C=C/C(F)(F)CCCCC)CCCCCCCC(C)CCCCCCCC(=O)CC/C=C/C(F)(F)CCCCC. The predicted octanol–water partition coefficient (Wildman–Crippen LogP) is 14.3. The maximum atomic E-state index is 13.8. The zero-order valence-electron chi connectivity index (χ0n) is 28.9. The third-order valence-corrected chi connectivity index (χ3v) is 8.58. The van der Waals surface area contributed by atoms with Gasteiger partial charge in [0.05, 0.1) is 0 Å². The second-order valence-corrected chi connectivity index (χ2v) is 13.3. The molecular formula is C39H68F4O. The van der Waals surface area contributed by atoms with Crippen molar-refractivity contribution in [2.24, 2.45) is 5.92 Å². The van der Waals surface area contributed by atoms with E-state index in [0.717, 1.165) is 82.3 Å². The van der Waals surface area contributed by atoms with Gasteiger partial charge in [-0.3, -0.25) is 4.79 Å². The molecule has 0 aromatic heterocycles. The summed E-state index contributed by atoms with van der Waals surface area (Å²) in [5, 5.41) is 0. The Kier molecular flexibility index (Phi) is 27.0. The van der Waals surface area contributed by atoms with Crippen molar-refractivity contribution in [1.82, 2.24) is 0 Å². The maximum Gasteiger partial charge on any atom is 0.266 e. The molecule has 0 aliphatic rings. The van der Waals surface area contributed by atoms with Crippen molar-refractivity contribution < 1.29 is 22.4 Å². The highest BCUT2D eigenvalue weighted by molar-refractivity contribution is 5.78. The van der Waals surface area contributed by atoms with E-state index in [1.54, 1.807) is 6.08 Å². The lowest BCUT2D eigenvalue weighted by Gasteiger charge is -2.11. The molecule has 1 nitrogen and oxygen atoms in total. The molecule has 0 rings (SSSR count). The highest BCUT2D eigenvalue weighted by atomic mass is 19.3. The van der Waals surface area contributed by atoms with Crippen molar-refractivity contribution >= 4 is 5.78 Å². The minimum Gasteiger partial charge on any atom is -0.300 e. The van der Waals surface area contributed by atoms with Crippen LogP contribution in [-0.2, 0) is 4.79 Å². The molecule has 0 aromatic rings. The maximum absolute atomic E-state index is 13.8. The van der Waals surface area contributed by atoms with Gasteiger partial charge in [0.1, 0.15) is 5.78 Å². The number of allylic oxidation sites excluding steroid dienone is 5. The number of rotatable bonds is 32. The number of carbonyl (C=O) groups is 1. The second kappa shape index (κ2) is 27.9. The number of carbonyl (C=O) groups excluding carboxylic acids is 1. The van der Waals surface area contributed by atoms with Crippen molar-refractivity contribution in [3.8, 4) is 0 Å². The van der Waals surface area contributed by atoms with E-state index in [2.05, 4.69) is 13.5 Å². The van der Waals surface area contributed by atoms with Crippen LogP contribution < -0.4 is 0 Å². The molecule has 0 N–H and O–H groups in total. The molecule has 0 amide bonds. The van der Waals surface area contributed by atoms with Gasteiger partial charge in [0.15, 0.2) is 0 Å². The lowest BCUT2D eigenvalue weighted by molar-refractivity contribution is -0.119. The molecule has 5 heteroatoms. The van der Waals surface area contributed by atoms with Crippen molar-refractivity contribution in [2.45, 2.75) is 200 Å². The van der Waals surface area contributed by atoms with Crippen LogP contribution in [0, 0.1) is 5.92 Å². The smallest absolute Gasteiger partial charge is 0.266 e. The molecule has 0 saturated carbocycles. The van der Waals surface area contributed by atoms with Gasteiger partial charge in [-0.25, -0.2) is 17.6 Å². The first-order valence-corrected chi connectivity index (χ1v) is 18.3. The largest absolute Gasteiger partial charge is 0.300 e. The first kappa shape index (κ1) is 42.6. The normalized spacial score (nSPS) is 13.3. The Hall–Kier alpha value is -1.39. The summed E-state index contributed by atoms with van der Waals surface area (Å²) in [6.45, 7) is 10.5. The molecule has 258 valence electrons. The Bertz CT molecular complexity index is 693. The number of hydrogen-bond acceptors (Lipinski definition) is 1. The van der Waals surface area contributed by atoms with E-state index in [1.807, 2.05) is 13.8 Å². The summed E-state index contributed by atoms with van der Waals surface area (Å²) in [4.78, 5) is 12.0. The van der Waals surface area contributed by atoms with Crippen LogP contribution in [0.4, 0.5) is 17.6 Å². The Morgan fingerprint density at radius 1 is 0.591 bits per heavy atom. The van der Waals surface area contributed by atoms with E-state index < -0.39 is 11.8 Å². The van der Waals surface area contributed by atoms with Gasteiger partial charge in [-0.1, -0.05) is 135 Å². The fourth-order valence-corrected chi connectivity index (χ4v) is 5.57. The highest BCUT2D eigenvalue weighted by Crippen LogP contribution is 2.25. The summed E-state index contributed by atoms with van der Waals surface area (Å²) in [5.41, 5.74) is 1.18. The molecule has 0 aliphatic carbocycles. The molecule has 0 radical (unpaired) electrons. The monoisotopic (exact) mass is 629 g/mol. The zero-order valence-corrected chi connectivity index (χ0v) is 28.9. The number of Topliss-reactive ketones (excluding diaryl/α,β-unsaturated/α-hetero) is 1. The van der Waals surface area contributed by atoms with Crippen molar-refractivity contribution in [1.29, 1.82) is 0 Å². The second-order valence-electron chi connectivity index (χ2n) is 13.3. The van der Waals surface area contributed by atoms with Gasteiger partial charge in [0.2, 0.25) is 0 Å². The molecule has 0 bridgehead atoms. The number of alkyl halides is 4. The average Bonchev–Trinajstić information content (AvgIpc) is 2.96.